The quantitative estimate of drug-likeness (QED) is 0.228. The SMILES string of the molecule is CC[C@H]1COCCN1c1cc(C2CCOC(S(C)(=O)=O)C2)nc(-c2ccc3[nH]c(CO[Si](C(C)C)(C(C)C)C(C)C)cc3n2)n1. The number of rotatable bonds is 11. The minimum Gasteiger partial charge on any atom is -0.410 e. The second-order valence-corrected chi connectivity index (χ2v) is 21.3. The maximum Gasteiger partial charge on any atom is 0.200 e. The number of H-pyrrole nitrogens is 1. The van der Waals surface area contributed by atoms with Crippen molar-refractivity contribution >= 4 is 35.0 Å². The van der Waals surface area contributed by atoms with Crippen molar-refractivity contribution in [2.24, 2.45) is 0 Å². The van der Waals surface area contributed by atoms with E-state index < -0.39 is 23.6 Å². The molecule has 3 aromatic heterocycles. The van der Waals surface area contributed by atoms with Crippen LogP contribution in [0, 0.1) is 0 Å². The van der Waals surface area contributed by atoms with E-state index in [0.29, 0.717) is 67.4 Å². The van der Waals surface area contributed by atoms with Crippen molar-refractivity contribution in [1.82, 2.24) is 19.9 Å². The number of nitrogens with zero attached hydrogens (tertiary/aromatic N) is 4. The van der Waals surface area contributed by atoms with Gasteiger partial charge in [0.05, 0.1) is 36.9 Å². The number of aromatic amines is 1. The van der Waals surface area contributed by atoms with Crippen LogP contribution in [0.1, 0.15) is 85.0 Å². The first kappa shape index (κ1) is 34.0. The highest BCUT2D eigenvalue weighted by molar-refractivity contribution is 7.91. The zero-order valence-corrected chi connectivity index (χ0v) is 30.0. The van der Waals surface area contributed by atoms with E-state index in [2.05, 4.69) is 64.4 Å². The second-order valence-electron chi connectivity index (χ2n) is 13.7. The molecular weight excluding hydrogens is 607 g/mol. The Morgan fingerprint density at radius 2 is 1.78 bits per heavy atom. The van der Waals surface area contributed by atoms with Crippen LogP contribution in [0.3, 0.4) is 0 Å². The van der Waals surface area contributed by atoms with Crippen molar-refractivity contribution in [1.29, 1.82) is 0 Å². The summed E-state index contributed by atoms with van der Waals surface area (Å²) in [5.74, 6) is 1.31. The number of ether oxygens (including phenoxy) is 2. The molecule has 2 fully saturated rings. The lowest BCUT2D eigenvalue weighted by Crippen LogP contribution is -2.47. The number of anilines is 1. The summed E-state index contributed by atoms with van der Waals surface area (Å²) in [6, 6.07) is 8.31. The number of fused-ring (bicyclic) bond motifs is 1. The topological polar surface area (TPSA) is 120 Å². The molecule has 12 heteroatoms. The largest absolute Gasteiger partial charge is 0.410 e. The molecule has 5 rings (SSSR count). The van der Waals surface area contributed by atoms with Gasteiger partial charge in [-0.15, -0.1) is 0 Å². The third kappa shape index (κ3) is 7.14. The molecule has 0 bridgehead atoms. The van der Waals surface area contributed by atoms with Gasteiger partial charge in [0.15, 0.2) is 21.1 Å². The number of hydrogen-bond acceptors (Lipinski definition) is 9. The number of sulfone groups is 1. The predicted octanol–water partition coefficient (Wildman–Crippen LogP) is 6.59. The predicted molar refractivity (Wildman–Crippen MR) is 182 cm³/mol. The normalized spacial score (nSPS) is 21.8. The summed E-state index contributed by atoms with van der Waals surface area (Å²) in [7, 11) is -5.35. The van der Waals surface area contributed by atoms with Crippen LogP contribution in [0.2, 0.25) is 16.6 Å². The van der Waals surface area contributed by atoms with E-state index in [1.807, 2.05) is 18.2 Å². The number of pyridine rings is 1. The molecule has 0 saturated carbocycles. The molecule has 0 radical (unpaired) electrons. The zero-order valence-electron chi connectivity index (χ0n) is 28.2. The fourth-order valence-electron chi connectivity index (χ4n) is 7.51. The summed E-state index contributed by atoms with van der Waals surface area (Å²) in [5, 5.41) is 0. The lowest BCUT2D eigenvalue weighted by molar-refractivity contribution is 0.0551. The number of aromatic nitrogens is 4. The molecule has 2 aliphatic rings. The molecule has 10 nitrogen and oxygen atoms in total. The molecule has 5 heterocycles. The first-order valence-corrected chi connectivity index (χ1v) is 20.6. The van der Waals surface area contributed by atoms with Crippen molar-refractivity contribution in [3.8, 4) is 11.5 Å². The van der Waals surface area contributed by atoms with E-state index in [0.717, 1.165) is 41.2 Å². The van der Waals surface area contributed by atoms with E-state index in [1.54, 1.807) is 0 Å². The lowest BCUT2D eigenvalue weighted by atomic mass is 9.95. The number of morpholine rings is 1. The minimum absolute atomic E-state index is 0.0628. The van der Waals surface area contributed by atoms with E-state index in [4.69, 9.17) is 28.9 Å². The first-order chi connectivity index (χ1) is 21.3. The molecule has 0 aromatic carbocycles. The van der Waals surface area contributed by atoms with E-state index in [9.17, 15) is 8.42 Å². The highest BCUT2D eigenvalue weighted by atomic mass is 32.2. The Bertz CT molecular complexity index is 1550. The van der Waals surface area contributed by atoms with Crippen molar-refractivity contribution in [3.05, 3.63) is 35.7 Å². The highest BCUT2D eigenvalue weighted by Crippen LogP contribution is 2.43. The third-order valence-electron chi connectivity index (χ3n) is 9.81. The molecule has 0 spiro atoms. The third-order valence-corrected chi connectivity index (χ3v) is 17.2. The summed E-state index contributed by atoms with van der Waals surface area (Å²) >= 11 is 0. The van der Waals surface area contributed by atoms with Crippen LogP contribution in [-0.4, -0.2) is 80.8 Å². The summed E-state index contributed by atoms with van der Waals surface area (Å²) in [4.78, 5) is 20.9. The van der Waals surface area contributed by atoms with Crippen molar-refractivity contribution in [2.75, 3.05) is 37.5 Å². The van der Waals surface area contributed by atoms with Crippen LogP contribution >= 0.6 is 0 Å². The van der Waals surface area contributed by atoms with E-state index in [1.165, 1.54) is 6.26 Å². The maximum absolute atomic E-state index is 12.4. The summed E-state index contributed by atoms with van der Waals surface area (Å²) < 4.78 is 43.0. The summed E-state index contributed by atoms with van der Waals surface area (Å²) in [5.41, 5.74) is 5.00. The van der Waals surface area contributed by atoms with Crippen LogP contribution < -0.4 is 4.90 Å². The van der Waals surface area contributed by atoms with Gasteiger partial charge in [0.1, 0.15) is 11.5 Å². The van der Waals surface area contributed by atoms with Gasteiger partial charge < -0.3 is 23.8 Å². The van der Waals surface area contributed by atoms with Gasteiger partial charge in [0.2, 0.25) is 8.32 Å². The summed E-state index contributed by atoms with van der Waals surface area (Å²) in [6.45, 7) is 18.9. The van der Waals surface area contributed by atoms with Crippen LogP contribution in [0.5, 0.6) is 0 Å². The molecule has 248 valence electrons. The van der Waals surface area contributed by atoms with Crippen molar-refractivity contribution in [2.45, 2.75) is 108 Å². The van der Waals surface area contributed by atoms with Gasteiger partial charge in [0, 0.05) is 42.8 Å². The second kappa shape index (κ2) is 13.8. The molecule has 0 aliphatic carbocycles. The van der Waals surface area contributed by atoms with Gasteiger partial charge in [-0.05, 0) is 54.1 Å². The molecule has 3 aromatic rings. The van der Waals surface area contributed by atoms with Gasteiger partial charge >= 0.3 is 0 Å². The van der Waals surface area contributed by atoms with Gasteiger partial charge in [-0.3, -0.25) is 0 Å². The van der Waals surface area contributed by atoms with Crippen LogP contribution in [0.4, 0.5) is 5.82 Å². The minimum atomic E-state index is -3.34. The molecule has 2 saturated heterocycles. The van der Waals surface area contributed by atoms with Crippen LogP contribution in [0.25, 0.3) is 22.6 Å². The molecule has 2 unspecified atom stereocenters. The van der Waals surface area contributed by atoms with Crippen molar-refractivity contribution < 1.29 is 22.3 Å². The Kier molecular flexibility index (Phi) is 10.4. The molecule has 0 amide bonds. The monoisotopic (exact) mass is 657 g/mol. The van der Waals surface area contributed by atoms with Crippen LogP contribution in [-0.2, 0) is 30.3 Å². The van der Waals surface area contributed by atoms with Gasteiger partial charge in [-0.2, -0.15) is 0 Å². The Balaban J connectivity index is 1.49. The molecule has 3 atom stereocenters. The highest BCUT2D eigenvalue weighted by Gasteiger charge is 2.45. The van der Waals surface area contributed by atoms with Crippen LogP contribution in [0.15, 0.2) is 24.3 Å². The summed E-state index contributed by atoms with van der Waals surface area (Å²) in [6.07, 6.45) is 3.23. The Morgan fingerprint density at radius 1 is 1.04 bits per heavy atom. The van der Waals surface area contributed by atoms with E-state index >= 15 is 0 Å². The Hall–Kier alpha value is -2.38. The molecule has 45 heavy (non-hydrogen) atoms. The van der Waals surface area contributed by atoms with Gasteiger partial charge in [0.25, 0.3) is 0 Å². The smallest absolute Gasteiger partial charge is 0.200 e. The first-order valence-electron chi connectivity index (χ1n) is 16.5. The lowest BCUT2D eigenvalue weighted by Gasteiger charge is -2.42. The molecule has 1 N–H and O–H groups in total. The van der Waals surface area contributed by atoms with E-state index in [-0.39, 0.29) is 12.0 Å². The standard InChI is InChI=1S/C33H51N5O5SSi/c1-9-26-20-41-15-13-38(26)31-18-29(24-12-14-42-32(16-24)44(8,39)40)36-33(37-31)28-11-10-27-30(35-28)17-25(34-27)19-43-45(21(2)3,22(4)5)23(6)7/h10-11,17-18,21-24,26,32,34H,9,12-16,19-20H2,1-8H3/t24?,26-,32?/m0/s1. The molecule has 2 aliphatic heterocycles. The molecular formula is C33H51N5O5SSi. The fourth-order valence-corrected chi connectivity index (χ4v) is 13.8. The number of nitrogens with one attached hydrogen (secondary N) is 1. The van der Waals surface area contributed by atoms with Crippen molar-refractivity contribution in [3.63, 3.8) is 0 Å². The Morgan fingerprint density at radius 3 is 2.44 bits per heavy atom. The number of hydrogen-bond donors (Lipinski definition) is 1. The Labute approximate surface area is 269 Å². The fraction of sp³-hybridized carbons (Fsp3) is 0.667. The zero-order chi connectivity index (χ0) is 32.5. The average molecular weight is 658 g/mol. The average Bonchev–Trinajstić information content (AvgIpc) is 3.42. The van der Waals surface area contributed by atoms with Gasteiger partial charge in [-0.1, -0.05) is 48.5 Å². The maximum atomic E-state index is 12.4. The van der Waals surface area contributed by atoms with Gasteiger partial charge in [-0.25, -0.2) is 23.4 Å².